The van der Waals surface area contributed by atoms with Crippen LogP contribution < -0.4 is 10.6 Å². The van der Waals surface area contributed by atoms with Crippen LogP contribution in [0.25, 0.3) is 0 Å². The minimum Gasteiger partial charge on any atom is -0.481 e. The standard InChI is InChI=1S/C13H18N2O3/c1-9-5-3-4-6-11(9)15-13(18)14-8-7-10(2)12(16)17/h3-6,10H,7-8H2,1-2H3,(H,16,17)(H2,14,15,18). The van der Waals surface area contributed by atoms with E-state index in [2.05, 4.69) is 10.6 Å². The molecule has 0 spiro atoms. The van der Waals surface area contributed by atoms with Crippen molar-refractivity contribution in [2.24, 2.45) is 5.92 Å². The number of aliphatic carboxylic acids is 1. The molecule has 1 unspecified atom stereocenters. The molecule has 0 fully saturated rings. The van der Waals surface area contributed by atoms with Gasteiger partial charge < -0.3 is 15.7 Å². The van der Waals surface area contributed by atoms with Gasteiger partial charge in [0, 0.05) is 12.2 Å². The lowest BCUT2D eigenvalue weighted by molar-refractivity contribution is -0.141. The number of anilines is 1. The monoisotopic (exact) mass is 250 g/mol. The molecule has 2 amide bonds. The second kappa shape index (κ2) is 6.64. The molecular weight excluding hydrogens is 232 g/mol. The zero-order valence-electron chi connectivity index (χ0n) is 10.6. The Hall–Kier alpha value is -2.04. The first kappa shape index (κ1) is 14.0. The van der Waals surface area contributed by atoms with Crippen molar-refractivity contribution in [3.05, 3.63) is 29.8 Å². The molecule has 1 rings (SSSR count). The molecule has 5 nitrogen and oxygen atoms in total. The number of carboxylic acid groups (broad SMARTS) is 1. The van der Waals surface area contributed by atoms with Gasteiger partial charge in [-0.15, -0.1) is 0 Å². The first-order valence-corrected chi connectivity index (χ1v) is 5.84. The summed E-state index contributed by atoms with van der Waals surface area (Å²) in [7, 11) is 0. The van der Waals surface area contributed by atoms with Gasteiger partial charge in [-0.1, -0.05) is 25.1 Å². The zero-order valence-corrected chi connectivity index (χ0v) is 10.6. The smallest absolute Gasteiger partial charge is 0.319 e. The van der Waals surface area contributed by atoms with E-state index in [1.165, 1.54) is 0 Å². The van der Waals surface area contributed by atoms with Gasteiger partial charge in [-0.3, -0.25) is 4.79 Å². The molecule has 0 aliphatic heterocycles. The fourth-order valence-electron chi connectivity index (χ4n) is 1.41. The maximum absolute atomic E-state index is 11.5. The molecule has 0 saturated heterocycles. The van der Waals surface area contributed by atoms with Gasteiger partial charge in [-0.25, -0.2) is 4.79 Å². The van der Waals surface area contributed by atoms with Crippen LogP contribution in [0.5, 0.6) is 0 Å². The number of rotatable bonds is 5. The molecule has 98 valence electrons. The van der Waals surface area contributed by atoms with Crippen LogP contribution in [0.3, 0.4) is 0 Å². The van der Waals surface area contributed by atoms with E-state index in [1.54, 1.807) is 6.92 Å². The molecule has 0 bridgehead atoms. The van der Waals surface area contributed by atoms with Crippen molar-refractivity contribution in [1.29, 1.82) is 0 Å². The highest BCUT2D eigenvalue weighted by atomic mass is 16.4. The topological polar surface area (TPSA) is 78.4 Å². The van der Waals surface area contributed by atoms with E-state index in [0.717, 1.165) is 11.3 Å². The van der Waals surface area contributed by atoms with Gasteiger partial charge in [-0.2, -0.15) is 0 Å². The summed E-state index contributed by atoms with van der Waals surface area (Å²) in [4.78, 5) is 22.1. The molecule has 0 aliphatic rings. The van der Waals surface area contributed by atoms with Crippen LogP contribution in [-0.2, 0) is 4.79 Å². The number of urea groups is 1. The summed E-state index contributed by atoms with van der Waals surface area (Å²) < 4.78 is 0. The van der Waals surface area contributed by atoms with Crippen molar-refractivity contribution in [1.82, 2.24) is 5.32 Å². The van der Waals surface area contributed by atoms with Gasteiger partial charge in [-0.05, 0) is 25.0 Å². The summed E-state index contributed by atoms with van der Waals surface area (Å²) in [5, 5.41) is 14.0. The number of hydrogen-bond donors (Lipinski definition) is 3. The van der Waals surface area contributed by atoms with E-state index in [0.29, 0.717) is 13.0 Å². The first-order valence-electron chi connectivity index (χ1n) is 5.84. The van der Waals surface area contributed by atoms with Crippen LogP contribution in [0, 0.1) is 12.8 Å². The second-order valence-electron chi connectivity index (χ2n) is 4.22. The van der Waals surface area contributed by atoms with Gasteiger partial charge in [0.05, 0.1) is 5.92 Å². The minimum atomic E-state index is -0.851. The van der Waals surface area contributed by atoms with Crippen LogP contribution in [0.1, 0.15) is 18.9 Å². The number of benzene rings is 1. The number of carbonyl (C=O) groups excluding carboxylic acids is 1. The van der Waals surface area contributed by atoms with E-state index in [4.69, 9.17) is 5.11 Å². The second-order valence-corrected chi connectivity index (χ2v) is 4.22. The highest BCUT2D eigenvalue weighted by Gasteiger charge is 2.10. The van der Waals surface area contributed by atoms with E-state index >= 15 is 0 Å². The summed E-state index contributed by atoms with van der Waals surface area (Å²) in [6, 6.07) is 7.14. The third-order valence-electron chi connectivity index (χ3n) is 2.68. The quantitative estimate of drug-likeness (QED) is 0.749. The fourth-order valence-corrected chi connectivity index (χ4v) is 1.41. The molecule has 0 heterocycles. The van der Waals surface area contributed by atoms with Crippen LogP contribution in [0.2, 0.25) is 0 Å². The van der Waals surface area contributed by atoms with Gasteiger partial charge in [0.2, 0.25) is 0 Å². The predicted molar refractivity (Wildman–Crippen MR) is 69.6 cm³/mol. The largest absolute Gasteiger partial charge is 0.481 e. The SMILES string of the molecule is Cc1ccccc1NC(=O)NCCC(C)C(=O)O. The average molecular weight is 250 g/mol. The maximum atomic E-state index is 11.5. The normalized spacial score (nSPS) is 11.7. The molecule has 3 N–H and O–H groups in total. The van der Waals surface area contributed by atoms with Gasteiger partial charge in [0.1, 0.15) is 0 Å². The Kier molecular flexibility index (Phi) is 5.17. The molecule has 5 heteroatoms. The highest BCUT2D eigenvalue weighted by Crippen LogP contribution is 2.12. The summed E-state index contributed by atoms with van der Waals surface area (Å²) in [6.45, 7) is 3.86. The third-order valence-corrected chi connectivity index (χ3v) is 2.68. The van der Waals surface area contributed by atoms with Crippen molar-refractivity contribution in [2.45, 2.75) is 20.3 Å². The van der Waals surface area contributed by atoms with E-state index in [1.807, 2.05) is 31.2 Å². The summed E-state index contributed by atoms with van der Waals surface area (Å²) >= 11 is 0. The summed E-state index contributed by atoms with van der Waals surface area (Å²) in [6.07, 6.45) is 0.413. The lowest BCUT2D eigenvalue weighted by Gasteiger charge is -2.10. The molecule has 1 atom stereocenters. The lowest BCUT2D eigenvalue weighted by atomic mass is 10.1. The van der Waals surface area contributed by atoms with Crippen LogP contribution >= 0.6 is 0 Å². The molecule has 0 radical (unpaired) electrons. The Morgan fingerprint density at radius 1 is 1.33 bits per heavy atom. The molecular formula is C13H18N2O3. The van der Waals surface area contributed by atoms with Crippen LogP contribution in [-0.4, -0.2) is 23.7 Å². The van der Waals surface area contributed by atoms with Gasteiger partial charge in [0.15, 0.2) is 0 Å². The molecule has 1 aromatic rings. The molecule has 0 aliphatic carbocycles. The number of carbonyl (C=O) groups is 2. The number of amides is 2. The number of carboxylic acids is 1. The Morgan fingerprint density at radius 2 is 2.00 bits per heavy atom. The third kappa shape index (κ3) is 4.45. The highest BCUT2D eigenvalue weighted by molar-refractivity contribution is 5.90. The first-order chi connectivity index (χ1) is 8.50. The van der Waals surface area contributed by atoms with E-state index < -0.39 is 11.9 Å². The molecule has 18 heavy (non-hydrogen) atoms. The van der Waals surface area contributed by atoms with Crippen LogP contribution in [0.4, 0.5) is 10.5 Å². The van der Waals surface area contributed by atoms with Crippen molar-refractivity contribution < 1.29 is 14.7 Å². The van der Waals surface area contributed by atoms with Gasteiger partial charge in [0.25, 0.3) is 0 Å². The zero-order chi connectivity index (χ0) is 13.5. The van der Waals surface area contributed by atoms with Crippen molar-refractivity contribution >= 4 is 17.7 Å². The summed E-state index contributed by atoms with van der Waals surface area (Å²) in [5.41, 5.74) is 1.73. The van der Waals surface area contributed by atoms with Crippen LogP contribution in [0.15, 0.2) is 24.3 Å². The Labute approximate surface area is 106 Å². The average Bonchev–Trinajstić information content (AvgIpc) is 2.32. The molecule has 0 saturated carbocycles. The van der Waals surface area contributed by atoms with Crippen molar-refractivity contribution in [3.63, 3.8) is 0 Å². The Morgan fingerprint density at radius 3 is 2.61 bits per heavy atom. The van der Waals surface area contributed by atoms with Crippen molar-refractivity contribution in [2.75, 3.05) is 11.9 Å². The fraction of sp³-hybridized carbons (Fsp3) is 0.385. The van der Waals surface area contributed by atoms with E-state index in [-0.39, 0.29) is 6.03 Å². The minimum absolute atomic E-state index is 0.318. The lowest BCUT2D eigenvalue weighted by Crippen LogP contribution is -2.31. The Bertz CT molecular complexity index is 432. The molecule has 1 aromatic carbocycles. The van der Waals surface area contributed by atoms with Crippen molar-refractivity contribution in [3.8, 4) is 0 Å². The van der Waals surface area contributed by atoms with Gasteiger partial charge >= 0.3 is 12.0 Å². The maximum Gasteiger partial charge on any atom is 0.319 e. The number of hydrogen-bond acceptors (Lipinski definition) is 2. The van der Waals surface area contributed by atoms with E-state index in [9.17, 15) is 9.59 Å². The summed E-state index contributed by atoms with van der Waals surface area (Å²) in [5.74, 6) is -1.31. The Balaban J connectivity index is 2.35. The number of aryl methyl sites for hydroxylation is 1. The number of para-hydroxylation sites is 1. The molecule has 0 aromatic heterocycles. The predicted octanol–water partition coefficient (Wildman–Crippen LogP) is 2.23. The number of nitrogens with one attached hydrogen (secondary N) is 2.